The van der Waals surface area contributed by atoms with Gasteiger partial charge >= 0.3 is 0 Å². The molecule has 1 N–H and O–H groups in total. The number of nitrogens with one attached hydrogen (secondary N) is 1. The van der Waals surface area contributed by atoms with E-state index in [4.69, 9.17) is 4.74 Å². The molecule has 1 aromatic rings. The van der Waals surface area contributed by atoms with E-state index in [0.717, 1.165) is 19.6 Å². The van der Waals surface area contributed by atoms with Gasteiger partial charge in [0.05, 0.1) is 6.61 Å². The predicted molar refractivity (Wildman–Crippen MR) is 71.4 cm³/mol. The van der Waals surface area contributed by atoms with E-state index in [1.807, 2.05) is 0 Å². The van der Waals surface area contributed by atoms with Crippen molar-refractivity contribution in [3.8, 4) is 0 Å². The van der Waals surface area contributed by atoms with Crippen LogP contribution in [0.25, 0.3) is 0 Å². The molecule has 1 heterocycles. The molecule has 0 spiro atoms. The summed E-state index contributed by atoms with van der Waals surface area (Å²) >= 11 is 0. The van der Waals surface area contributed by atoms with E-state index in [1.165, 1.54) is 17.7 Å². The van der Waals surface area contributed by atoms with Crippen molar-refractivity contribution < 1.29 is 4.74 Å². The van der Waals surface area contributed by atoms with Crippen LogP contribution in [0.5, 0.6) is 0 Å². The minimum Gasteiger partial charge on any atom is -0.380 e. The summed E-state index contributed by atoms with van der Waals surface area (Å²) in [5.41, 5.74) is 2.61. The number of benzene rings is 1. The lowest BCUT2D eigenvalue weighted by Crippen LogP contribution is -2.35. The monoisotopic (exact) mass is 234 g/mol. The fraction of sp³-hybridized carbons (Fsp3) is 0.571. The van der Waals surface area contributed by atoms with Gasteiger partial charge in [0.2, 0.25) is 0 Å². The highest BCUT2D eigenvalue weighted by Crippen LogP contribution is 2.22. The number of para-hydroxylation sites is 1. The largest absolute Gasteiger partial charge is 0.380 e. The SMILES string of the molecule is COCc1ccccc1N1CCCNC(C)C1. The molecular weight excluding hydrogens is 212 g/mol. The molecule has 1 aliphatic rings. The Morgan fingerprint density at radius 3 is 3.06 bits per heavy atom. The van der Waals surface area contributed by atoms with Crippen LogP contribution in [-0.4, -0.2) is 32.8 Å². The highest BCUT2D eigenvalue weighted by atomic mass is 16.5. The standard InChI is InChI=1S/C14H22N2O/c1-12-10-16(9-5-8-15-12)14-7-4-3-6-13(14)11-17-2/h3-4,6-7,12,15H,5,8-11H2,1-2H3. The highest BCUT2D eigenvalue weighted by molar-refractivity contribution is 5.53. The Labute approximate surface area is 104 Å². The van der Waals surface area contributed by atoms with Gasteiger partial charge in [0.15, 0.2) is 0 Å². The molecule has 0 bridgehead atoms. The summed E-state index contributed by atoms with van der Waals surface area (Å²) in [4.78, 5) is 2.47. The smallest absolute Gasteiger partial charge is 0.0733 e. The number of nitrogens with zero attached hydrogens (tertiary/aromatic N) is 1. The second-order valence-corrected chi connectivity index (χ2v) is 4.72. The molecule has 0 radical (unpaired) electrons. The van der Waals surface area contributed by atoms with Gasteiger partial charge in [0, 0.05) is 37.5 Å². The molecule has 2 rings (SSSR count). The van der Waals surface area contributed by atoms with Crippen molar-refractivity contribution in [3.63, 3.8) is 0 Å². The maximum Gasteiger partial charge on any atom is 0.0733 e. The van der Waals surface area contributed by atoms with Gasteiger partial charge in [-0.25, -0.2) is 0 Å². The number of rotatable bonds is 3. The van der Waals surface area contributed by atoms with Crippen LogP contribution in [-0.2, 0) is 11.3 Å². The van der Waals surface area contributed by atoms with Crippen LogP contribution in [0.2, 0.25) is 0 Å². The quantitative estimate of drug-likeness (QED) is 0.866. The Balaban J connectivity index is 2.19. The number of hydrogen-bond donors (Lipinski definition) is 1. The fourth-order valence-corrected chi connectivity index (χ4v) is 2.42. The van der Waals surface area contributed by atoms with Crippen LogP contribution >= 0.6 is 0 Å². The molecule has 1 unspecified atom stereocenters. The van der Waals surface area contributed by atoms with Gasteiger partial charge in [-0.15, -0.1) is 0 Å². The molecule has 17 heavy (non-hydrogen) atoms. The van der Waals surface area contributed by atoms with Crippen LogP contribution in [0, 0.1) is 0 Å². The molecule has 1 aromatic carbocycles. The van der Waals surface area contributed by atoms with Crippen LogP contribution < -0.4 is 10.2 Å². The van der Waals surface area contributed by atoms with Crippen LogP contribution in [0.1, 0.15) is 18.9 Å². The summed E-state index contributed by atoms with van der Waals surface area (Å²) in [6.45, 7) is 6.24. The second kappa shape index (κ2) is 6.03. The van der Waals surface area contributed by atoms with Gasteiger partial charge in [0.1, 0.15) is 0 Å². The average molecular weight is 234 g/mol. The lowest BCUT2D eigenvalue weighted by molar-refractivity contribution is 0.185. The lowest BCUT2D eigenvalue weighted by atomic mass is 10.1. The van der Waals surface area contributed by atoms with Crippen LogP contribution in [0.4, 0.5) is 5.69 Å². The molecule has 3 nitrogen and oxygen atoms in total. The molecule has 0 aromatic heterocycles. The van der Waals surface area contributed by atoms with E-state index >= 15 is 0 Å². The van der Waals surface area contributed by atoms with Gasteiger partial charge in [-0.05, 0) is 26.0 Å². The van der Waals surface area contributed by atoms with Gasteiger partial charge < -0.3 is 15.0 Å². The van der Waals surface area contributed by atoms with E-state index in [0.29, 0.717) is 12.6 Å². The van der Waals surface area contributed by atoms with E-state index in [-0.39, 0.29) is 0 Å². The van der Waals surface area contributed by atoms with Gasteiger partial charge in [-0.3, -0.25) is 0 Å². The molecule has 3 heteroatoms. The first kappa shape index (κ1) is 12.4. The molecule has 0 aliphatic carbocycles. The maximum atomic E-state index is 5.28. The van der Waals surface area contributed by atoms with Crippen molar-refractivity contribution in [2.75, 3.05) is 31.6 Å². The minimum atomic E-state index is 0.549. The molecule has 1 aliphatic heterocycles. The van der Waals surface area contributed by atoms with Gasteiger partial charge in [0.25, 0.3) is 0 Å². The lowest BCUT2D eigenvalue weighted by Gasteiger charge is -2.27. The molecule has 94 valence electrons. The highest BCUT2D eigenvalue weighted by Gasteiger charge is 2.16. The van der Waals surface area contributed by atoms with Crippen molar-refractivity contribution in [1.29, 1.82) is 0 Å². The van der Waals surface area contributed by atoms with Crippen LogP contribution in [0.15, 0.2) is 24.3 Å². The van der Waals surface area contributed by atoms with E-state index in [2.05, 4.69) is 41.4 Å². The summed E-state index contributed by atoms with van der Waals surface area (Å²) in [6, 6.07) is 9.09. The predicted octanol–water partition coefficient (Wildman–Crippen LogP) is 2.02. The molecule has 1 fully saturated rings. The van der Waals surface area contributed by atoms with Gasteiger partial charge in [-0.1, -0.05) is 18.2 Å². The van der Waals surface area contributed by atoms with Gasteiger partial charge in [-0.2, -0.15) is 0 Å². The number of hydrogen-bond acceptors (Lipinski definition) is 3. The fourth-order valence-electron chi connectivity index (χ4n) is 2.42. The summed E-state index contributed by atoms with van der Waals surface area (Å²) in [5, 5.41) is 3.52. The minimum absolute atomic E-state index is 0.549. The first-order valence-electron chi connectivity index (χ1n) is 6.36. The van der Waals surface area contributed by atoms with Crippen molar-refractivity contribution in [1.82, 2.24) is 5.32 Å². The maximum absolute atomic E-state index is 5.28. The third-order valence-corrected chi connectivity index (χ3v) is 3.22. The zero-order valence-corrected chi connectivity index (χ0v) is 10.8. The molecule has 1 atom stereocenters. The molecular formula is C14H22N2O. The van der Waals surface area contributed by atoms with Crippen molar-refractivity contribution in [3.05, 3.63) is 29.8 Å². The first-order chi connectivity index (χ1) is 8.31. The summed E-state index contributed by atoms with van der Waals surface area (Å²) in [6.07, 6.45) is 1.20. The third-order valence-electron chi connectivity index (χ3n) is 3.22. The van der Waals surface area contributed by atoms with E-state index < -0.39 is 0 Å². The zero-order valence-electron chi connectivity index (χ0n) is 10.8. The Bertz CT molecular complexity index is 354. The summed E-state index contributed by atoms with van der Waals surface area (Å²) in [7, 11) is 1.75. The number of anilines is 1. The van der Waals surface area contributed by atoms with Crippen molar-refractivity contribution in [2.45, 2.75) is 26.0 Å². The third kappa shape index (κ3) is 3.20. The molecule has 0 saturated carbocycles. The number of methoxy groups -OCH3 is 1. The Kier molecular flexibility index (Phi) is 4.40. The number of ether oxygens (including phenoxy) is 1. The van der Waals surface area contributed by atoms with E-state index in [1.54, 1.807) is 7.11 Å². The van der Waals surface area contributed by atoms with Crippen molar-refractivity contribution >= 4 is 5.69 Å². The summed E-state index contributed by atoms with van der Waals surface area (Å²) < 4.78 is 5.28. The van der Waals surface area contributed by atoms with Crippen molar-refractivity contribution in [2.24, 2.45) is 0 Å². The zero-order chi connectivity index (χ0) is 12.1. The Morgan fingerprint density at radius 2 is 2.24 bits per heavy atom. The molecule has 0 amide bonds. The van der Waals surface area contributed by atoms with Crippen LogP contribution in [0.3, 0.4) is 0 Å². The Morgan fingerprint density at radius 1 is 1.41 bits per heavy atom. The normalized spacial score (nSPS) is 21.3. The Hall–Kier alpha value is -1.06. The molecule has 1 saturated heterocycles. The average Bonchev–Trinajstić information content (AvgIpc) is 2.55. The topological polar surface area (TPSA) is 24.5 Å². The first-order valence-corrected chi connectivity index (χ1v) is 6.36. The van der Waals surface area contributed by atoms with E-state index in [9.17, 15) is 0 Å². The summed E-state index contributed by atoms with van der Waals surface area (Å²) in [5.74, 6) is 0. The second-order valence-electron chi connectivity index (χ2n) is 4.72.